The molecule has 1 N–H and O–H groups in total. The third-order valence-corrected chi connectivity index (χ3v) is 4.55. The van der Waals surface area contributed by atoms with Crippen LogP contribution in [0.15, 0.2) is 5.16 Å². The lowest BCUT2D eigenvalue weighted by molar-refractivity contribution is -0.119. The molecule has 0 spiro atoms. The molecule has 0 aliphatic rings. The SMILES string of the molecule is Cc1nc([C@@H](C)NC(=O)CSc2nnnn2C)c(C)s1. The van der Waals surface area contributed by atoms with Gasteiger partial charge < -0.3 is 5.32 Å². The molecule has 108 valence electrons. The molecule has 0 unspecified atom stereocenters. The highest BCUT2D eigenvalue weighted by Crippen LogP contribution is 2.22. The van der Waals surface area contributed by atoms with Crippen LogP contribution in [0.2, 0.25) is 0 Å². The largest absolute Gasteiger partial charge is 0.347 e. The van der Waals surface area contributed by atoms with Crippen molar-refractivity contribution in [3.05, 3.63) is 15.6 Å². The second-order valence-corrected chi connectivity index (χ2v) is 6.69. The molecule has 0 radical (unpaired) electrons. The van der Waals surface area contributed by atoms with Gasteiger partial charge in [-0.2, -0.15) is 0 Å². The molecule has 0 aromatic carbocycles. The summed E-state index contributed by atoms with van der Waals surface area (Å²) in [5.74, 6) is 0.219. The van der Waals surface area contributed by atoms with Crippen molar-refractivity contribution < 1.29 is 4.79 Å². The summed E-state index contributed by atoms with van der Waals surface area (Å²) in [7, 11) is 1.74. The molecule has 7 nitrogen and oxygen atoms in total. The third-order valence-electron chi connectivity index (χ3n) is 2.64. The maximum atomic E-state index is 11.9. The Bertz CT molecular complexity index is 608. The number of rotatable bonds is 5. The molecular formula is C11H16N6OS2. The predicted molar refractivity (Wildman–Crippen MR) is 77.7 cm³/mol. The maximum absolute atomic E-state index is 11.9. The molecule has 1 atom stereocenters. The van der Waals surface area contributed by atoms with E-state index in [0.29, 0.717) is 5.16 Å². The van der Waals surface area contributed by atoms with Crippen LogP contribution < -0.4 is 5.32 Å². The normalized spacial score (nSPS) is 12.4. The molecule has 2 heterocycles. The Kier molecular flexibility index (Phi) is 4.71. The van der Waals surface area contributed by atoms with Crippen LogP contribution >= 0.6 is 23.1 Å². The minimum atomic E-state index is -0.0920. The monoisotopic (exact) mass is 312 g/mol. The van der Waals surface area contributed by atoms with Gasteiger partial charge in [0, 0.05) is 11.9 Å². The first-order valence-corrected chi connectivity index (χ1v) is 7.86. The number of hydrogen-bond donors (Lipinski definition) is 1. The molecule has 0 aliphatic heterocycles. The molecule has 2 rings (SSSR count). The summed E-state index contributed by atoms with van der Waals surface area (Å²) in [6, 6.07) is -0.0920. The number of carbonyl (C=O) groups is 1. The van der Waals surface area contributed by atoms with Gasteiger partial charge in [0.15, 0.2) is 0 Å². The first kappa shape index (κ1) is 14.9. The van der Waals surface area contributed by atoms with Crippen LogP contribution in [-0.4, -0.2) is 36.9 Å². The summed E-state index contributed by atoms with van der Waals surface area (Å²) < 4.78 is 1.54. The van der Waals surface area contributed by atoms with E-state index in [2.05, 4.69) is 25.8 Å². The van der Waals surface area contributed by atoms with Crippen molar-refractivity contribution in [2.24, 2.45) is 7.05 Å². The van der Waals surface area contributed by atoms with Crippen molar-refractivity contribution in [2.75, 3.05) is 5.75 Å². The Hall–Kier alpha value is -1.48. The van der Waals surface area contributed by atoms with Gasteiger partial charge in [0.2, 0.25) is 11.1 Å². The highest BCUT2D eigenvalue weighted by molar-refractivity contribution is 7.99. The lowest BCUT2D eigenvalue weighted by Crippen LogP contribution is -2.28. The van der Waals surface area contributed by atoms with Gasteiger partial charge in [0.05, 0.1) is 22.5 Å². The lowest BCUT2D eigenvalue weighted by atomic mass is 10.2. The van der Waals surface area contributed by atoms with Gasteiger partial charge in [-0.15, -0.1) is 16.4 Å². The highest BCUT2D eigenvalue weighted by atomic mass is 32.2. The van der Waals surface area contributed by atoms with E-state index in [9.17, 15) is 4.79 Å². The van der Waals surface area contributed by atoms with Gasteiger partial charge >= 0.3 is 0 Å². The van der Waals surface area contributed by atoms with Crippen molar-refractivity contribution in [3.8, 4) is 0 Å². The Morgan fingerprint density at radius 3 is 2.80 bits per heavy atom. The Balaban J connectivity index is 1.88. The van der Waals surface area contributed by atoms with Crippen molar-refractivity contribution >= 4 is 29.0 Å². The summed E-state index contributed by atoms with van der Waals surface area (Å²) in [4.78, 5) is 17.5. The molecule has 0 aliphatic carbocycles. The van der Waals surface area contributed by atoms with Crippen molar-refractivity contribution in [1.29, 1.82) is 0 Å². The van der Waals surface area contributed by atoms with Crippen LogP contribution in [0.1, 0.15) is 28.5 Å². The summed E-state index contributed by atoms with van der Waals surface area (Å²) in [6.07, 6.45) is 0. The van der Waals surface area contributed by atoms with Crippen LogP contribution in [0.3, 0.4) is 0 Å². The van der Waals surface area contributed by atoms with E-state index < -0.39 is 0 Å². The van der Waals surface area contributed by atoms with Gasteiger partial charge in [-0.1, -0.05) is 11.8 Å². The number of hydrogen-bond acceptors (Lipinski definition) is 7. The molecule has 0 saturated heterocycles. The zero-order valence-corrected chi connectivity index (χ0v) is 13.4. The fraction of sp³-hybridized carbons (Fsp3) is 0.545. The van der Waals surface area contributed by atoms with E-state index in [-0.39, 0.29) is 17.7 Å². The molecule has 9 heteroatoms. The zero-order chi connectivity index (χ0) is 14.7. The molecule has 2 aromatic heterocycles. The van der Waals surface area contributed by atoms with Gasteiger partial charge in [-0.3, -0.25) is 4.79 Å². The fourth-order valence-corrected chi connectivity index (χ4v) is 3.35. The average Bonchev–Trinajstić information content (AvgIpc) is 2.92. The Labute approximate surface area is 125 Å². The van der Waals surface area contributed by atoms with E-state index in [1.165, 1.54) is 16.4 Å². The van der Waals surface area contributed by atoms with Gasteiger partial charge in [0.25, 0.3) is 0 Å². The fourth-order valence-electron chi connectivity index (χ4n) is 1.77. The quantitative estimate of drug-likeness (QED) is 0.836. The second kappa shape index (κ2) is 6.31. The first-order valence-electron chi connectivity index (χ1n) is 6.06. The third kappa shape index (κ3) is 3.54. The molecule has 0 fully saturated rings. The number of nitrogens with zero attached hydrogens (tertiary/aromatic N) is 5. The summed E-state index contributed by atoms with van der Waals surface area (Å²) in [5, 5.41) is 15.6. The van der Waals surface area contributed by atoms with Crippen molar-refractivity contribution in [2.45, 2.75) is 32.0 Å². The van der Waals surface area contributed by atoms with Crippen LogP contribution in [-0.2, 0) is 11.8 Å². The molecule has 20 heavy (non-hydrogen) atoms. The van der Waals surface area contributed by atoms with Gasteiger partial charge in [-0.05, 0) is 31.2 Å². The number of amides is 1. The summed E-state index contributed by atoms with van der Waals surface area (Å²) >= 11 is 2.95. The number of aryl methyl sites for hydroxylation is 3. The lowest BCUT2D eigenvalue weighted by Gasteiger charge is -2.12. The molecule has 0 bridgehead atoms. The molecule has 1 amide bonds. The summed E-state index contributed by atoms with van der Waals surface area (Å²) in [6.45, 7) is 5.92. The Morgan fingerprint density at radius 2 is 2.25 bits per heavy atom. The van der Waals surface area contributed by atoms with Crippen molar-refractivity contribution in [3.63, 3.8) is 0 Å². The number of thiazole rings is 1. The Morgan fingerprint density at radius 1 is 1.50 bits per heavy atom. The van der Waals surface area contributed by atoms with E-state index in [1.807, 2.05) is 20.8 Å². The zero-order valence-electron chi connectivity index (χ0n) is 11.7. The number of tetrazole rings is 1. The second-order valence-electron chi connectivity index (χ2n) is 4.34. The van der Waals surface area contributed by atoms with E-state index in [4.69, 9.17) is 0 Å². The van der Waals surface area contributed by atoms with Gasteiger partial charge in [0.1, 0.15) is 0 Å². The van der Waals surface area contributed by atoms with E-state index in [0.717, 1.165) is 15.6 Å². The van der Waals surface area contributed by atoms with Crippen LogP contribution in [0.5, 0.6) is 0 Å². The number of nitrogens with one attached hydrogen (secondary N) is 1. The van der Waals surface area contributed by atoms with Gasteiger partial charge in [-0.25, -0.2) is 9.67 Å². The topological polar surface area (TPSA) is 85.6 Å². The van der Waals surface area contributed by atoms with E-state index >= 15 is 0 Å². The molecule has 0 saturated carbocycles. The predicted octanol–water partition coefficient (Wildman–Crippen LogP) is 1.25. The standard InChI is InChI=1S/C11H16N6OS2/c1-6(10-7(2)20-8(3)13-10)12-9(18)5-19-11-14-15-16-17(11)4/h6H,5H2,1-4H3,(H,12,18)/t6-/m1/s1. The maximum Gasteiger partial charge on any atom is 0.231 e. The van der Waals surface area contributed by atoms with Crippen molar-refractivity contribution in [1.82, 2.24) is 30.5 Å². The number of thioether (sulfide) groups is 1. The van der Waals surface area contributed by atoms with E-state index in [1.54, 1.807) is 18.4 Å². The van der Waals surface area contributed by atoms with Crippen LogP contribution in [0.4, 0.5) is 0 Å². The molecule has 2 aromatic rings. The van der Waals surface area contributed by atoms with Crippen LogP contribution in [0.25, 0.3) is 0 Å². The average molecular weight is 312 g/mol. The molecular weight excluding hydrogens is 296 g/mol. The smallest absolute Gasteiger partial charge is 0.231 e. The first-order chi connectivity index (χ1) is 9.47. The number of aromatic nitrogens is 5. The van der Waals surface area contributed by atoms with Crippen LogP contribution in [0, 0.1) is 13.8 Å². The number of carbonyl (C=O) groups excluding carboxylic acids is 1. The minimum Gasteiger partial charge on any atom is -0.347 e. The minimum absolute atomic E-state index is 0.0597. The summed E-state index contributed by atoms with van der Waals surface area (Å²) in [5.41, 5.74) is 0.936. The highest BCUT2D eigenvalue weighted by Gasteiger charge is 2.16.